The molecule has 3 rings (SSSR count). The van der Waals surface area contributed by atoms with Crippen LogP contribution in [0.1, 0.15) is 53.4 Å². The average molecular weight is 430 g/mol. The molecule has 1 aromatic carbocycles. The maximum atomic E-state index is 13.0. The minimum Gasteiger partial charge on any atom is -0.451 e. The zero-order valence-electron chi connectivity index (χ0n) is 18.6. The molecule has 8 nitrogen and oxygen atoms in total. The van der Waals surface area contributed by atoms with E-state index in [0.29, 0.717) is 24.4 Å². The van der Waals surface area contributed by atoms with Crippen LogP contribution in [0.4, 0.5) is 10.5 Å². The summed E-state index contributed by atoms with van der Waals surface area (Å²) in [4.78, 5) is 50.9. The predicted octanol–water partition coefficient (Wildman–Crippen LogP) is 3.08. The second-order valence-corrected chi connectivity index (χ2v) is 9.53. The van der Waals surface area contributed by atoms with Crippen LogP contribution in [0.2, 0.25) is 0 Å². The molecule has 2 N–H and O–H groups in total. The third-order valence-electron chi connectivity index (χ3n) is 6.32. The summed E-state index contributed by atoms with van der Waals surface area (Å²) in [6, 6.07) is 8.21. The highest BCUT2D eigenvalue weighted by Gasteiger charge is 2.53. The van der Waals surface area contributed by atoms with Crippen LogP contribution in [0.15, 0.2) is 30.3 Å². The molecule has 1 saturated carbocycles. The van der Waals surface area contributed by atoms with Gasteiger partial charge in [-0.05, 0) is 56.1 Å². The molecule has 0 aromatic heterocycles. The lowest BCUT2D eigenvalue weighted by Gasteiger charge is -2.40. The first kappa shape index (κ1) is 22.8. The summed E-state index contributed by atoms with van der Waals surface area (Å²) in [5.41, 5.74) is -0.208. The van der Waals surface area contributed by atoms with Crippen molar-refractivity contribution in [2.75, 3.05) is 11.9 Å². The molecule has 31 heavy (non-hydrogen) atoms. The Labute approximate surface area is 182 Å². The smallest absolute Gasteiger partial charge is 0.327 e. The van der Waals surface area contributed by atoms with Gasteiger partial charge in [-0.3, -0.25) is 19.3 Å². The van der Waals surface area contributed by atoms with Crippen molar-refractivity contribution >= 4 is 29.5 Å². The standard InChI is InChI=1S/C23H31N3O5/c1-15(19(28)24-17-8-6-5-7-9-17)31-18(27)14-26-20(29)23(25-21(26)30)12-10-16(11-13-23)22(2,3)4/h5-9,15-16H,10-14H2,1-4H3,(H,24,28)(H,25,30). The Morgan fingerprint density at radius 1 is 1.19 bits per heavy atom. The molecule has 4 amide bonds. The van der Waals surface area contributed by atoms with Crippen LogP contribution >= 0.6 is 0 Å². The Balaban J connectivity index is 1.55. The van der Waals surface area contributed by atoms with Gasteiger partial charge in [0.1, 0.15) is 12.1 Å². The zero-order valence-corrected chi connectivity index (χ0v) is 18.6. The van der Waals surface area contributed by atoms with E-state index in [9.17, 15) is 19.2 Å². The Hall–Kier alpha value is -2.90. The van der Waals surface area contributed by atoms with Crippen LogP contribution in [0.5, 0.6) is 0 Å². The largest absolute Gasteiger partial charge is 0.451 e. The van der Waals surface area contributed by atoms with E-state index in [1.165, 1.54) is 6.92 Å². The van der Waals surface area contributed by atoms with Crippen LogP contribution in [-0.4, -0.2) is 46.9 Å². The number of nitrogens with one attached hydrogen (secondary N) is 2. The second-order valence-electron chi connectivity index (χ2n) is 9.53. The molecule has 1 aliphatic carbocycles. The van der Waals surface area contributed by atoms with Gasteiger partial charge in [0.15, 0.2) is 6.10 Å². The van der Waals surface area contributed by atoms with Crippen LogP contribution < -0.4 is 10.6 Å². The lowest BCUT2D eigenvalue weighted by atomic mass is 9.67. The van der Waals surface area contributed by atoms with Gasteiger partial charge in [0.25, 0.3) is 11.8 Å². The zero-order chi connectivity index (χ0) is 22.8. The number of urea groups is 1. The molecular weight excluding hydrogens is 398 g/mol. The van der Waals surface area contributed by atoms with Gasteiger partial charge in [0.2, 0.25) is 0 Å². The monoisotopic (exact) mass is 429 g/mol. The summed E-state index contributed by atoms with van der Waals surface area (Å²) in [6.07, 6.45) is 1.72. The summed E-state index contributed by atoms with van der Waals surface area (Å²) in [5.74, 6) is -1.21. The molecule has 1 aromatic rings. The summed E-state index contributed by atoms with van der Waals surface area (Å²) >= 11 is 0. The van der Waals surface area contributed by atoms with E-state index in [2.05, 4.69) is 31.4 Å². The molecule has 1 heterocycles. The van der Waals surface area contributed by atoms with Crippen LogP contribution in [0.3, 0.4) is 0 Å². The first-order valence-corrected chi connectivity index (χ1v) is 10.7. The molecular formula is C23H31N3O5. The number of nitrogens with zero attached hydrogens (tertiary/aromatic N) is 1. The molecule has 0 bridgehead atoms. The normalized spacial score (nSPS) is 24.6. The highest BCUT2D eigenvalue weighted by atomic mass is 16.5. The number of esters is 1. The van der Waals surface area contributed by atoms with Gasteiger partial charge in [-0.15, -0.1) is 0 Å². The van der Waals surface area contributed by atoms with E-state index in [0.717, 1.165) is 17.7 Å². The summed E-state index contributed by atoms with van der Waals surface area (Å²) in [6.45, 7) is 7.47. The fourth-order valence-electron chi connectivity index (χ4n) is 4.32. The van der Waals surface area contributed by atoms with E-state index in [1.807, 2.05) is 6.07 Å². The number of para-hydroxylation sites is 1. The van der Waals surface area contributed by atoms with E-state index in [-0.39, 0.29) is 11.3 Å². The van der Waals surface area contributed by atoms with Crippen LogP contribution in [0.25, 0.3) is 0 Å². The number of amides is 4. The second kappa shape index (κ2) is 8.69. The molecule has 2 aliphatic rings. The maximum Gasteiger partial charge on any atom is 0.327 e. The van der Waals surface area contributed by atoms with Crippen LogP contribution in [-0.2, 0) is 19.1 Å². The highest BCUT2D eigenvalue weighted by molar-refractivity contribution is 6.08. The number of benzene rings is 1. The number of carbonyl (C=O) groups excluding carboxylic acids is 4. The third-order valence-corrected chi connectivity index (χ3v) is 6.32. The number of carbonyl (C=O) groups is 4. The van der Waals surface area contributed by atoms with E-state index in [1.54, 1.807) is 24.3 Å². The SMILES string of the molecule is CC(OC(=O)CN1C(=O)NC2(CCC(C(C)(C)C)CC2)C1=O)C(=O)Nc1ccccc1. The fourth-order valence-corrected chi connectivity index (χ4v) is 4.32. The lowest BCUT2D eigenvalue weighted by molar-refractivity contribution is -0.155. The van der Waals surface area contributed by atoms with Crippen molar-refractivity contribution in [3.63, 3.8) is 0 Å². The number of rotatable bonds is 5. The van der Waals surface area contributed by atoms with E-state index >= 15 is 0 Å². The van der Waals surface area contributed by atoms with Crippen LogP contribution in [0, 0.1) is 11.3 Å². The van der Waals surface area contributed by atoms with Crippen molar-refractivity contribution in [2.45, 2.75) is 65.0 Å². The number of imide groups is 1. The minimum absolute atomic E-state index is 0.146. The van der Waals surface area contributed by atoms with Gasteiger partial charge in [0, 0.05) is 5.69 Å². The van der Waals surface area contributed by atoms with Gasteiger partial charge in [-0.2, -0.15) is 0 Å². The summed E-state index contributed by atoms with van der Waals surface area (Å²) in [5, 5.41) is 5.45. The summed E-state index contributed by atoms with van der Waals surface area (Å²) in [7, 11) is 0. The third kappa shape index (κ3) is 5.06. The van der Waals surface area contributed by atoms with Gasteiger partial charge in [0.05, 0.1) is 0 Å². The average Bonchev–Trinajstić information content (AvgIpc) is 2.92. The predicted molar refractivity (Wildman–Crippen MR) is 115 cm³/mol. The van der Waals surface area contributed by atoms with Gasteiger partial charge >= 0.3 is 12.0 Å². The van der Waals surface area contributed by atoms with Crippen molar-refractivity contribution in [3.05, 3.63) is 30.3 Å². The van der Waals surface area contributed by atoms with Crippen molar-refractivity contribution in [3.8, 4) is 0 Å². The number of ether oxygens (including phenoxy) is 1. The molecule has 168 valence electrons. The number of hydrogen-bond acceptors (Lipinski definition) is 5. The quantitative estimate of drug-likeness (QED) is 0.553. The topological polar surface area (TPSA) is 105 Å². The molecule has 1 spiro atoms. The highest BCUT2D eigenvalue weighted by Crippen LogP contribution is 2.43. The molecule has 1 saturated heterocycles. The number of anilines is 1. The van der Waals surface area contributed by atoms with Gasteiger partial charge in [-0.1, -0.05) is 39.0 Å². The Kier molecular flexibility index (Phi) is 6.38. The molecule has 0 radical (unpaired) electrons. The Morgan fingerprint density at radius 3 is 2.39 bits per heavy atom. The molecule has 2 fully saturated rings. The first-order chi connectivity index (χ1) is 14.5. The van der Waals surface area contributed by atoms with Crippen molar-refractivity contribution < 1.29 is 23.9 Å². The number of hydrogen-bond donors (Lipinski definition) is 2. The molecule has 8 heteroatoms. The first-order valence-electron chi connectivity index (χ1n) is 10.7. The maximum absolute atomic E-state index is 13.0. The van der Waals surface area contributed by atoms with Crippen molar-refractivity contribution in [2.24, 2.45) is 11.3 Å². The molecule has 1 unspecified atom stereocenters. The molecule has 1 atom stereocenters. The van der Waals surface area contributed by atoms with E-state index < -0.39 is 36.1 Å². The van der Waals surface area contributed by atoms with Gasteiger partial charge < -0.3 is 15.4 Å². The fraction of sp³-hybridized carbons (Fsp3) is 0.565. The Morgan fingerprint density at radius 2 is 1.81 bits per heavy atom. The molecule has 1 aliphatic heterocycles. The Bertz CT molecular complexity index is 854. The minimum atomic E-state index is -1.07. The van der Waals surface area contributed by atoms with Crippen molar-refractivity contribution in [1.29, 1.82) is 0 Å². The van der Waals surface area contributed by atoms with Gasteiger partial charge in [-0.25, -0.2) is 4.79 Å². The lowest BCUT2D eigenvalue weighted by Crippen LogP contribution is -2.50. The van der Waals surface area contributed by atoms with E-state index in [4.69, 9.17) is 4.74 Å². The van der Waals surface area contributed by atoms with Crippen molar-refractivity contribution in [1.82, 2.24) is 10.2 Å². The summed E-state index contributed by atoms with van der Waals surface area (Å²) < 4.78 is 5.16.